The van der Waals surface area contributed by atoms with Crippen LogP contribution in [0.1, 0.15) is 23.0 Å². The third kappa shape index (κ3) is 4.63. The maximum absolute atomic E-state index is 12.3. The highest BCUT2D eigenvalue weighted by atomic mass is 32.2. The van der Waals surface area contributed by atoms with Crippen molar-refractivity contribution in [3.8, 4) is 11.5 Å². The van der Waals surface area contributed by atoms with Crippen LogP contribution < -0.4 is 20.5 Å². The third-order valence-corrected chi connectivity index (χ3v) is 4.43. The minimum Gasteiger partial charge on any atom is -0.497 e. The molecule has 1 heterocycles. The number of thioether (sulfide) groups is 1. The van der Waals surface area contributed by atoms with Crippen molar-refractivity contribution in [1.82, 2.24) is 9.97 Å². The Morgan fingerprint density at radius 1 is 1.27 bits per heavy atom. The topological polar surface area (TPSA) is 110 Å². The van der Waals surface area contributed by atoms with E-state index in [1.807, 2.05) is 0 Å². The summed E-state index contributed by atoms with van der Waals surface area (Å²) in [6.07, 6.45) is 0. The number of amides is 1. The Labute approximate surface area is 154 Å². The van der Waals surface area contributed by atoms with Crippen LogP contribution in [0.3, 0.4) is 0 Å². The van der Waals surface area contributed by atoms with Crippen molar-refractivity contribution in [3.63, 3.8) is 0 Å². The summed E-state index contributed by atoms with van der Waals surface area (Å²) in [5.41, 5.74) is 0.625. The number of aryl methyl sites for hydroxylation is 1. The van der Waals surface area contributed by atoms with Crippen LogP contribution in [0.25, 0.3) is 0 Å². The number of hydrogen-bond donors (Lipinski definition) is 2. The minimum atomic E-state index is -0.565. The molecule has 1 aromatic heterocycles. The highest BCUT2D eigenvalue weighted by Gasteiger charge is 2.16. The number of benzene rings is 1. The second-order valence-electron chi connectivity index (χ2n) is 5.31. The van der Waals surface area contributed by atoms with E-state index in [2.05, 4.69) is 15.3 Å². The number of methoxy groups -OCH3 is 2. The molecule has 0 saturated heterocycles. The summed E-state index contributed by atoms with van der Waals surface area (Å²) < 4.78 is 10.3. The summed E-state index contributed by atoms with van der Waals surface area (Å²) in [7, 11) is 3.02. The normalized spacial score (nSPS) is 10.3. The van der Waals surface area contributed by atoms with Crippen molar-refractivity contribution < 1.29 is 19.1 Å². The van der Waals surface area contributed by atoms with E-state index in [9.17, 15) is 14.4 Å². The van der Waals surface area contributed by atoms with E-state index in [4.69, 9.17) is 9.47 Å². The molecule has 26 heavy (non-hydrogen) atoms. The van der Waals surface area contributed by atoms with Gasteiger partial charge in [-0.15, -0.1) is 0 Å². The van der Waals surface area contributed by atoms with Gasteiger partial charge in [0.15, 0.2) is 5.78 Å². The first-order valence-corrected chi connectivity index (χ1v) is 8.60. The molecule has 9 heteroatoms. The van der Waals surface area contributed by atoms with Crippen LogP contribution in [0.5, 0.6) is 11.5 Å². The summed E-state index contributed by atoms with van der Waals surface area (Å²) in [5, 5.41) is 2.95. The summed E-state index contributed by atoms with van der Waals surface area (Å²) in [4.78, 5) is 41.9. The molecule has 2 N–H and O–H groups in total. The van der Waals surface area contributed by atoms with Crippen molar-refractivity contribution in [1.29, 1.82) is 0 Å². The zero-order valence-electron chi connectivity index (χ0n) is 14.8. The van der Waals surface area contributed by atoms with Crippen LogP contribution in [0.4, 0.5) is 5.69 Å². The van der Waals surface area contributed by atoms with Gasteiger partial charge in [-0.1, -0.05) is 11.8 Å². The maximum Gasteiger partial charge on any atom is 0.346 e. The number of ether oxygens (including phenoxy) is 2. The van der Waals surface area contributed by atoms with E-state index in [1.165, 1.54) is 21.1 Å². The lowest BCUT2D eigenvalue weighted by Crippen LogP contribution is -2.19. The quantitative estimate of drug-likeness (QED) is 0.431. The van der Waals surface area contributed by atoms with Crippen molar-refractivity contribution in [2.75, 3.05) is 25.3 Å². The van der Waals surface area contributed by atoms with Gasteiger partial charge in [-0.3, -0.25) is 9.59 Å². The lowest BCUT2D eigenvalue weighted by molar-refractivity contribution is -0.113. The Balaban J connectivity index is 2.15. The molecule has 0 atom stereocenters. The predicted molar refractivity (Wildman–Crippen MR) is 98.5 cm³/mol. The van der Waals surface area contributed by atoms with Gasteiger partial charge >= 0.3 is 5.69 Å². The second kappa shape index (κ2) is 8.52. The zero-order chi connectivity index (χ0) is 19.3. The fraction of sp³-hybridized carbons (Fsp3) is 0.294. The van der Waals surface area contributed by atoms with Gasteiger partial charge in [-0.2, -0.15) is 4.98 Å². The highest BCUT2D eigenvalue weighted by Crippen LogP contribution is 2.29. The van der Waals surface area contributed by atoms with Crippen LogP contribution in [0, 0.1) is 6.92 Å². The van der Waals surface area contributed by atoms with Gasteiger partial charge in [0.25, 0.3) is 0 Å². The highest BCUT2D eigenvalue weighted by molar-refractivity contribution is 8.00. The molecule has 0 aliphatic heterocycles. The number of rotatable bonds is 7. The summed E-state index contributed by atoms with van der Waals surface area (Å²) in [6, 6.07) is 5.03. The van der Waals surface area contributed by atoms with Crippen molar-refractivity contribution >= 4 is 29.1 Å². The molecule has 0 spiro atoms. The fourth-order valence-electron chi connectivity index (χ4n) is 2.31. The molecule has 1 aromatic carbocycles. The Hall–Kier alpha value is -2.81. The Morgan fingerprint density at radius 2 is 2.00 bits per heavy atom. The molecule has 8 nitrogen and oxygen atoms in total. The number of nitrogens with zero attached hydrogens (tertiary/aromatic N) is 1. The first kappa shape index (κ1) is 19.5. The maximum atomic E-state index is 12.3. The van der Waals surface area contributed by atoms with E-state index in [1.54, 1.807) is 25.1 Å². The number of nitrogens with one attached hydrogen (secondary N) is 2. The van der Waals surface area contributed by atoms with E-state index in [0.717, 1.165) is 11.8 Å². The fourth-order valence-corrected chi connectivity index (χ4v) is 3.24. The second-order valence-corrected chi connectivity index (χ2v) is 6.27. The van der Waals surface area contributed by atoms with Gasteiger partial charge in [0, 0.05) is 11.8 Å². The van der Waals surface area contributed by atoms with Gasteiger partial charge in [0.2, 0.25) is 5.91 Å². The largest absolute Gasteiger partial charge is 0.497 e. The van der Waals surface area contributed by atoms with Crippen LogP contribution >= 0.6 is 11.8 Å². The molecule has 2 rings (SSSR count). The molecular formula is C17H19N3O5S. The number of anilines is 1. The van der Waals surface area contributed by atoms with Crippen molar-refractivity contribution in [3.05, 3.63) is 39.9 Å². The van der Waals surface area contributed by atoms with E-state index < -0.39 is 5.69 Å². The molecular weight excluding hydrogens is 358 g/mol. The van der Waals surface area contributed by atoms with Crippen LogP contribution in [-0.4, -0.2) is 41.6 Å². The van der Waals surface area contributed by atoms with Crippen LogP contribution in [0.2, 0.25) is 0 Å². The van der Waals surface area contributed by atoms with Gasteiger partial charge in [0.1, 0.15) is 16.5 Å². The Morgan fingerprint density at radius 3 is 2.62 bits per heavy atom. The van der Waals surface area contributed by atoms with Crippen LogP contribution in [-0.2, 0) is 4.79 Å². The van der Waals surface area contributed by atoms with Crippen molar-refractivity contribution in [2.24, 2.45) is 0 Å². The molecule has 0 radical (unpaired) electrons. The summed E-state index contributed by atoms with van der Waals surface area (Å²) in [5.74, 6) is 0.453. The van der Waals surface area contributed by atoms with Gasteiger partial charge in [-0.25, -0.2) is 4.79 Å². The number of aromatic nitrogens is 2. The molecule has 0 unspecified atom stereocenters. The average Bonchev–Trinajstić information content (AvgIpc) is 2.58. The van der Waals surface area contributed by atoms with E-state index in [0.29, 0.717) is 28.4 Å². The Bertz CT molecular complexity index is 894. The van der Waals surface area contributed by atoms with Crippen LogP contribution in [0.15, 0.2) is 28.0 Å². The summed E-state index contributed by atoms with van der Waals surface area (Å²) >= 11 is 1.02. The van der Waals surface area contributed by atoms with Gasteiger partial charge in [0.05, 0.1) is 31.2 Å². The smallest absolute Gasteiger partial charge is 0.346 e. The first-order valence-electron chi connectivity index (χ1n) is 7.62. The lowest BCUT2D eigenvalue weighted by Gasteiger charge is -2.12. The molecule has 2 aromatic rings. The van der Waals surface area contributed by atoms with Gasteiger partial charge in [-0.05, 0) is 26.0 Å². The third-order valence-electron chi connectivity index (χ3n) is 3.46. The monoisotopic (exact) mass is 377 g/mol. The number of H-pyrrole nitrogens is 1. The first-order chi connectivity index (χ1) is 12.3. The number of ketones is 1. The number of carbonyl (C=O) groups is 2. The molecule has 138 valence electrons. The molecule has 0 fully saturated rings. The SMILES string of the molecule is COc1ccc(OC)c(NC(=O)CSc2nc(=O)[nH]c(C)c2C(C)=O)c1. The van der Waals surface area contributed by atoms with Gasteiger partial charge < -0.3 is 19.8 Å². The standard InChI is InChI=1S/C17H19N3O5S/c1-9-15(10(2)21)16(20-17(23)18-9)26-8-14(22)19-12-7-11(24-3)5-6-13(12)25-4/h5-7H,8H2,1-4H3,(H,19,22)(H,18,20,23). The molecule has 0 aliphatic rings. The Kier molecular flexibility index (Phi) is 6.40. The summed E-state index contributed by atoms with van der Waals surface area (Å²) in [6.45, 7) is 3.00. The molecule has 0 aliphatic carbocycles. The van der Waals surface area contributed by atoms with E-state index in [-0.39, 0.29) is 22.5 Å². The number of hydrogen-bond acceptors (Lipinski definition) is 7. The number of Topliss-reactive ketones (excluding diaryl/α,β-unsaturated/α-hetero) is 1. The lowest BCUT2D eigenvalue weighted by atomic mass is 10.2. The average molecular weight is 377 g/mol. The van der Waals surface area contributed by atoms with Crippen molar-refractivity contribution in [2.45, 2.75) is 18.9 Å². The minimum absolute atomic E-state index is 0.0312. The molecule has 1 amide bonds. The number of aromatic amines is 1. The predicted octanol–water partition coefficient (Wildman–Crippen LogP) is 2.03. The zero-order valence-corrected chi connectivity index (χ0v) is 15.7. The number of carbonyl (C=O) groups excluding carboxylic acids is 2. The molecule has 0 bridgehead atoms. The molecule has 0 saturated carbocycles. The van der Waals surface area contributed by atoms with E-state index >= 15 is 0 Å².